The standard InChI is InChI=1S/C23H26N8O2/c1-3-33-23(32)22-17(12-26-30-22)14-31-8-6-16(7-9-31)20-10-21(28-15(2)27-20)29-19-5-4-18(11-24)25-13-19/h4-5,10,12-13,16H,3,6-9,14H2,1-2H3,(H,26,30)(H,27,28,29). The van der Waals surface area contributed by atoms with E-state index < -0.39 is 0 Å². The molecule has 3 aromatic rings. The van der Waals surface area contributed by atoms with Crippen molar-refractivity contribution < 1.29 is 9.53 Å². The highest BCUT2D eigenvalue weighted by atomic mass is 16.5. The second kappa shape index (κ2) is 10.2. The summed E-state index contributed by atoms with van der Waals surface area (Å²) in [5, 5.41) is 18.9. The van der Waals surface area contributed by atoms with Crippen molar-refractivity contribution in [3.05, 3.63) is 59.1 Å². The monoisotopic (exact) mass is 446 g/mol. The van der Waals surface area contributed by atoms with Crippen molar-refractivity contribution in [2.45, 2.75) is 39.2 Å². The average Bonchev–Trinajstić information content (AvgIpc) is 3.28. The van der Waals surface area contributed by atoms with Crippen LogP contribution in [0.4, 0.5) is 11.5 Å². The number of likely N-dealkylation sites (tertiary alicyclic amines) is 1. The molecule has 0 spiro atoms. The first-order valence-electron chi connectivity index (χ1n) is 11.0. The first-order chi connectivity index (χ1) is 16.1. The molecule has 0 amide bonds. The van der Waals surface area contributed by atoms with E-state index in [1.54, 1.807) is 25.4 Å². The molecule has 0 saturated carbocycles. The van der Waals surface area contributed by atoms with E-state index in [1.807, 2.05) is 25.1 Å². The molecule has 33 heavy (non-hydrogen) atoms. The van der Waals surface area contributed by atoms with Crippen molar-refractivity contribution in [2.75, 3.05) is 25.0 Å². The third-order valence-electron chi connectivity index (χ3n) is 5.61. The van der Waals surface area contributed by atoms with Gasteiger partial charge < -0.3 is 10.1 Å². The summed E-state index contributed by atoms with van der Waals surface area (Å²) in [6, 6.07) is 7.47. The second-order valence-corrected chi connectivity index (χ2v) is 7.94. The Hall–Kier alpha value is -3.84. The molecular weight excluding hydrogens is 420 g/mol. The van der Waals surface area contributed by atoms with Crippen molar-refractivity contribution in [1.82, 2.24) is 30.0 Å². The Kier molecular flexibility index (Phi) is 6.90. The number of aryl methyl sites for hydroxylation is 1. The van der Waals surface area contributed by atoms with Gasteiger partial charge in [0.25, 0.3) is 0 Å². The van der Waals surface area contributed by atoms with Crippen LogP contribution in [0.25, 0.3) is 0 Å². The summed E-state index contributed by atoms with van der Waals surface area (Å²) in [5.41, 5.74) is 3.44. The lowest BCUT2D eigenvalue weighted by Crippen LogP contribution is -2.33. The minimum atomic E-state index is -0.367. The maximum atomic E-state index is 12.1. The van der Waals surface area contributed by atoms with Crippen LogP contribution >= 0.6 is 0 Å². The van der Waals surface area contributed by atoms with Crippen molar-refractivity contribution in [3.63, 3.8) is 0 Å². The van der Waals surface area contributed by atoms with Gasteiger partial charge in [0.05, 0.1) is 24.7 Å². The Balaban J connectivity index is 1.38. The van der Waals surface area contributed by atoms with Gasteiger partial charge in [0.2, 0.25) is 0 Å². The number of pyridine rings is 1. The molecule has 0 unspecified atom stereocenters. The lowest BCUT2D eigenvalue weighted by atomic mass is 9.93. The fourth-order valence-electron chi connectivity index (χ4n) is 3.98. The van der Waals surface area contributed by atoms with E-state index in [9.17, 15) is 4.79 Å². The molecule has 3 aromatic heterocycles. The number of ether oxygens (including phenoxy) is 1. The summed E-state index contributed by atoms with van der Waals surface area (Å²) in [4.78, 5) is 27.7. The van der Waals surface area contributed by atoms with Crippen LogP contribution in [0.5, 0.6) is 0 Å². The smallest absolute Gasteiger partial charge is 0.356 e. The summed E-state index contributed by atoms with van der Waals surface area (Å²) in [6.07, 6.45) is 5.23. The lowest BCUT2D eigenvalue weighted by Gasteiger charge is -2.31. The highest BCUT2D eigenvalue weighted by Gasteiger charge is 2.24. The first-order valence-corrected chi connectivity index (χ1v) is 11.0. The summed E-state index contributed by atoms with van der Waals surface area (Å²) >= 11 is 0. The van der Waals surface area contributed by atoms with Crippen LogP contribution < -0.4 is 5.32 Å². The number of nitriles is 1. The quantitative estimate of drug-likeness (QED) is 0.525. The van der Waals surface area contributed by atoms with E-state index in [2.05, 4.69) is 35.4 Å². The number of H-pyrrole nitrogens is 1. The summed E-state index contributed by atoms with van der Waals surface area (Å²) in [6.45, 7) is 6.44. The zero-order valence-corrected chi connectivity index (χ0v) is 18.7. The van der Waals surface area contributed by atoms with Crippen molar-refractivity contribution in [3.8, 4) is 6.07 Å². The maximum Gasteiger partial charge on any atom is 0.356 e. The van der Waals surface area contributed by atoms with Crippen LogP contribution in [0.15, 0.2) is 30.6 Å². The molecule has 10 nitrogen and oxygen atoms in total. The van der Waals surface area contributed by atoms with Gasteiger partial charge in [-0.2, -0.15) is 10.4 Å². The molecule has 170 valence electrons. The van der Waals surface area contributed by atoms with Crippen LogP contribution in [0.1, 0.15) is 58.9 Å². The number of rotatable bonds is 7. The molecule has 1 aliphatic heterocycles. The van der Waals surface area contributed by atoms with Crippen LogP contribution in [0, 0.1) is 18.3 Å². The van der Waals surface area contributed by atoms with E-state index in [1.165, 1.54) is 0 Å². The molecule has 10 heteroatoms. The minimum absolute atomic E-state index is 0.330. The van der Waals surface area contributed by atoms with Gasteiger partial charge in [-0.3, -0.25) is 10.00 Å². The highest BCUT2D eigenvalue weighted by Crippen LogP contribution is 2.29. The Morgan fingerprint density at radius 3 is 2.82 bits per heavy atom. The molecule has 1 saturated heterocycles. The molecule has 0 atom stereocenters. The Labute approximate surface area is 192 Å². The Morgan fingerprint density at radius 1 is 1.30 bits per heavy atom. The van der Waals surface area contributed by atoms with Gasteiger partial charge in [-0.25, -0.2) is 19.7 Å². The third kappa shape index (κ3) is 5.51. The summed E-state index contributed by atoms with van der Waals surface area (Å²) in [5.74, 6) is 1.38. The molecule has 0 bridgehead atoms. The molecule has 4 rings (SSSR count). The molecular formula is C23H26N8O2. The van der Waals surface area contributed by atoms with Gasteiger partial charge >= 0.3 is 5.97 Å². The van der Waals surface area contributed by atoms with E-state index in [4.69, 9.17) is 10.00 Å². The first kappa shape index (κ1) is 22.4. The van der Waals surface area contributed by atoms with Crippen LogP contribution in [0.3, 0.4) is 0 Å². The fraction of sp³-hybridized carbons (Fsp3) is 0.391. The van der Waals surface area contributed by atoms with E-state index >= 15 is 0 Å². The van der Waals surface area contributed by atoms with Crippen LogP contribution in [-0.4, -0.2) is 55.7 Å². The van der Waals surface area contributed by atoms with Gasteiger partial charge in [0, 0.05) is 29.8 Å². The molecule has 0 aliphatic carbocycles. The second-order valence-electron chi connectivity index (χ2n) is 7.94. The van der Waals surface area contributed by atoms with Crippen LogP contribution in [-0.2, 0) is 11.3 Å². The summed E-state index contributed by atoms with van der Waals surface area (Å²) < 4.78 is 5.10. The lowest BCUT2D eigenvalue weighted by molar-refractivity contribution is 0.0516. The largest absolute Gasteiger partial charge is 0.461 e. The SMILES string of the molecule is CCOC(=O)c1[nH]ncc1CN1CCC(c2cc(Nc3ccc(C#N)nc3)nc(C)n2)CC1. The number of nitrogens with one attached hydrogen (secondary N) is 2. The number of esters is 1. The number of nitrogens with zero attached hydrogens (tertiary/aromatic N) is 6. The van der Waals surface area contributed by atoms with Gasteiger partial charge in [-0.15, -0.1) is 0 Å². The van der Waals surface area contributed by atoms with E-state index in [0.29, 0.717) is 42.1 Å². The number of carbonyl (C=O) groups is 1. The number of aromatic nitrogens is 5. The molecule has 1 aliphatic rings. The normalized spacial score (nSPS) is 14.6. The predicted molar refractivity (Wildman–Crippen MR) is 121 cm³/mol. The molecule has 0 radical (unpaired) electrons. The zero-order valence-electron chi connectivity index (χ0n) is 18.7. The minimum Gasteiger partial charge on any atom is -0.461 e. The summed E-state index contributed by atoms with van der Waals surface area (Å²) in [7, 11) is 0. The third-order valence-corrected chi connectivity index (χ3v) is 5.61. The number of carbonyl (C=O) groups excluding carboxylic acids is 1. The maximum absolute atomic E-state index is 12.1. The fourth-order valence-corrected chi connectivity index (χ4v) is 3.98. The predicted octanol–water partition coefficient (Wildman–Crippen LogP) is 3.07. The Morgan fingerprint density at radius 2 is 2.12 bits per heavy atom. The van der Waals surface area contributed by atoms with Gasteiger partial charge in [0.15, 0.2) is 0 Å². The van der Waals surface area contributed by atoms with Crippen molar-refractivity contribution in [1.29, 1.82) is 5.26 Å². The van der Waals surface area contributed by atoms with E-state index in [0.717, 1.165) is 42.9 Å². The van der Waals surface area contributed by atoms with Gasteiger partial charge in [-0.05, 0) is 51.9 Å². The number of piperidine rings is 1. The number of aromatic amines is 1. The van der Waals surface area contributed by atoms with Gasteiger partial charge in [-0.1, -0.05) is 0 Å². The van der Waals surface area contributed by atoms with Crippen LogP contribution in [0.2, 0.25) is 0 Å². The molecule has 1 fully saturated rings. The Bertz CT molecular complexity index is 1140. The number of anilines is 2. The highest BCUT2D eigenvalue weighted by molar-refractivity contribution is 5.88. The zero-order chi connectivity index (χ0) is 23.2. The molecule has 0 aromatic carbocycles. The molecule has 2 N–H and O–H groups in total. The van der Waals surface area contributed by atoms with Crippen molar-refractivity contribution in [2.24, 2.45) is 0 Å². The van der Waals surface area contributed by atoms with E-state index in [-0.39, 0.29) is 5.97 Å². The topological polar surface area (TPSA) is 133 Å². The van der Waals surface area contributed by atoms with Crippen molar-refractivity contribution >= 4 is 17.5 Å². The van der Waals surface area contributed by atoms with Gasteiger partial charge in [0.1, 0.15) is 29.1 Å². The number of hydrogen-bond acceptors (Lipinski definition) is 9. The molecule has 4 heterocycles. The average molecular weight is 447 g/mol. The number of hydrogen-bond donors (Lipinski definition) is 2.